The summed E-state index contributed by atoms with van der Waals surface area (Å²) < 4.78 is 4.63. The minimum Gasteiger partial charge on any atom is -0.469 e. The molecule has 0 saturated heterocycles. The van der Waals surface area contributed by atoms with E-state index in [4.69, 9.17) is 0 Å². The van der Waals surface area contributed by atoms with Crippen LogP contribution in [0.3, 0.4) is 0 Å². The van der Waals surface area contributed by atoms with Gasteiger partial charge in [-0.25, -0.2) is 0 Å². The van der Waals surface area contributed by atoms with Crippen LogP contribution in [0.25, 0.3) is 10.9 Å². The Morgan fingerprint density at radius 1 is 1.16 bits per heavy atom. The molecular formula is C19H28N4O2. The summed E-state index contributed by atoms with van der Waals surface area (Å²) in [4.78, 5) is 18.6. The highest BCUT2D eigenvalue weighted by molar-refractivity contribution is 5.83. The SMILES string of the molecule is CN=C(NCCCCCC(=O)OC)NCCc1c[nH]c2ccccc12. The fourth-order valence-corrected chi connectivity index (χ4v) is 2.75. The third-order valence-electron chi connectivity index (χ3n) is 4.16. The van der Waals surface area contributed by atoms with Crippen molar-refractivity contribution in [2.45, 2.75) is 32.1 Å². The Morgan fingerprint density at radius 2 is 1.96 bits per heavy atom. The molecule has 0 bridgehead atoms. The van der Waals surface area contributed by atoms with Gasteiger partial charge in [-0.15, -0.1) is 0 Å². The summed E-state index contributed by atoms with van der Waals surface area (Å²) >= 11 is 0. The molecule has 6 nitrogen and oxygen atoms in total. The van der Waals surface area contributed by atoms with E-state index in [2.05, 4.69) is 49.7 Å². The monoisotopic (exact) mass is 344 g/mol. The van der Waals surface area contributed by atoms with Gasteiger partial charge < -0.3 is 20.4 Å². The molecule has 0 atom stereocenters. The summed E-state index contributed by atoms with van der Waals surface area (Å²) in [5, 5.41) is 7.92. The molecule has 0 aliphatic heterocycles. The van der Waals surface area contributed by atoms with Crippen molar-refractivity contribution in [1.82, 2.24) is 15.6 Å². The largest absolute Gasteiger partial charge is 0.469 e. The first-order chi connectivity index (χ1) is 12.2. The van der Waals surface area contributed by atoms with Crippen LogP contribution in [0.15, 0.2) is 35.5 Å². The molecule has 0 amide bonds. The molecule has 0 unspecified atom stereocenters. The molecule has 2 aromatic rings. The van der Waals surface area contributed by atoms with Crippen molar-refractivity contribution < 1.29 is 9.53 Å². The van der Waals surface area contributed by atoms with Gasteiger partial charge in [-0.3, -0.25) is 9.79 Å². The first-order valence-corrected chi connectivity index (χ1v) is 8.81. The van der Waals surface area contributed by atoms with Gasteiger partial charge in [0.1, 0.15) is 0 Å². The number of nitrogens with one attached hydrogen (secondary N) is 3. The van der Waals surface area contributed by atoms with E-state index in [0.29, 0.717) is 6.42 Å². The molecule has 0 aliphatic rings. The van der Waals surface area contributed by atoms with E-state index in [-0.39, 0.29) is 5.97 Å². The number of para-hydroxylation sites is 1. The highest BCUT2D eigenvalue weighted by Gasteiger charge is 2.04. The number of aliphatic imine (C=N–C) groups is 1. The normalized spacial score (nSPS) is 11.5. The number of methoxy groups -OCH3 is 1. The lowest BCUT2D eigenvalue weighted by Crippen LogP contribution is -2.38. The maximum absolute atomic E-state index is 11.0. The number of aromatic amines is 1. The lowest BCUT2D eigenvalue weighted by molar-refractivity contribution is -0.140. The van der Waals surface area contributed by atoms with Gasteiger partial charge in [-0.2, -0.15) is 0 Å². The molecule has 0 fully saturated rings. The van der Waals surface area contributed by atoms with Crippen LogP contribution < -0.4 is 10.6 Å². The summed E-state index contributed by atoms with van der Waals surface area (Å²) in [6, 6.07) is 8.33. The van der Waals surface area contributed by atoms with Gasteiger partial charge in [0, 0.05) is 43.7 Å². The molecule has 136 valence electrons. The Bertz CT molecular complexity index is 694. The van der Waals surface area contributed by atoms with Crippen molar-refractivity contribution in [2.24, 2.45) is 4.99 Å². The number of nitrogens with zero attached hydrogens (tertiary/aromatic N) is 1. The van der Waals surface area contributed by atoms with E-state index in [1.165, 1.54) is 23.6 Å². The Morgan fingerprint density at radius 3 is 2.76 bits per heavy atom. The van der Waals surface area contributed by atoms with Gasteiger partial charge in [0.15, 0.2) is 5.96 Å². The zero-order valence-electron chi connectivity index (χ0n) is 15.1. The number of hydrogen-bond donors (Lipinski definition) is 3. The molecule has 0 aliphatic carbocycles. The number of guanidine groups is 1. The summed E-state index contributed by atoms with van der Waals surface area (Å²) in [6.45, 7) is 1.66. The number of rotatable bonds is 9. The van der Waals surface area contributed by atoms with Gasteiger partial charge in [0.2, 0.25) is 0 Å². The van der Waals surface area contributed by atoms with Crippen molar-refractivity contribution in [3.63, 3.8) is 0 Å². The van der Waals surface area contributed by atoms with Gasteiger partial charge in [0.25, 0.3) is 0 Å². The number of H-pyrrole nitrogens is 1. The highest BCUT2D eigenvalue weighted by Crippen LogP contribution is 2.17. The van der Waals surface area contributed by atoms with E-state index in [0.717, 1.165) is 44.7 Å². The van der Waals surface area contributed by atoms with E-state index in [1.54, 1.807) is 7.05 Å². The Hall–Kier alpha value is -2.50. The average molecular weight is 344 g/mol. The summed E-state index contributed by atoms with van der Waals surface area (Å²) in [5.74, 6) is 0.676. The zero-order valence-corrected chi connectivity index (χ0v) is 15.1. The fourth-order valence-electron chi connectivity index (χ4n) is 2.75. The molecule has 0 saturated carbocycles. The van der Waals surface area contributed by atoms with Crippen LogP contribution in [0.5, 0.6) is 0 Å². The zero-order chi connectivity index (χ0) is 17.9. The van der Waals surface area contributed by atoms with Crippen molar-refractivity contribution in [3.8, 4) is 0 Å². The Balaban J connectivity index is 1.63. The van der Waals surface area contributed by atoms with E-state index in [9.17, 15) is 4.79 Å². The standard InChI is InChI=1S/C19H28N4O2/c1-20-19(21-12-7-3-4-10-18(24)25-2)22-13-11-15-14-23-17-9-6-5-8-16(15)17/h5-6,8-9,14,23H,3-4,7,10-13H2,1-2H3,(H2,20,21,22). The van der Waals surface area contributed by atoms with Crippen molar-refractivity contribution in [1.29, 1.82) is 0 Å². The topological polar surface area (TPSA) is 78.5 Å². The average Bonchev–Trinajstić information content (AvgIpc) is 3.06. The van der Waals surface area contributed by atoms with E-state index >= 15 is 0 Å². The second-order valence-corrected chi connectivity index (χ2v) is 5.92. The minimum atomic E-state index is -0.136. The predicted molar refractivity (Wildman–Crippen MR) is 102 cm³/mol. The second-order valence-electron chi connectivity index (χ2n) is 5.92. The number of esters is 1. The second kappa shape index (κ2) is 10.4. The van der Waals surface area contributed by atoms with Crippen LogP contribution in [0.4, 0.5) is 0 Å². The number of hydrogen-bond acceptors (Lipinski definition) is 3. The first-order valence-electron chi connectivity index (χ1n) is 8.81. The third-order valence-corrected chi connectivity index (χ3v) is 4.16. The van der Waals surface area contributed by atoms with Crippen LogP contribution >= 0.6 is 0 Å². The summed E-state index contributed by atoms with van der Waals surface area (Å²) in [7, 11) is 3.20. The molecule has 1 aromatic heterocycles. The molecule has 1 aromatic carbocycles. The molecule has 2 rings (SSSR count). The molecular weight excluding hydrogens is 316 g/mol. The van der Waals surface area contributed by atoms with Crippen LogP contribution in [0.1, 0.15) is 31.2 Å². The number of ether oxygens (including phenoxy) is 1. The number of carbonyl (C=O) groups is 1. The molecule has 1 heterocycles. The molecule has 25 heavy (non-hydrogen) atoms. The Labute approximate surface area is 149 Å². The van der Waals surface area contributed by atoms with Crippen molar-refractivity contribution in [2.75, 3.05) is 27.2 Å². The highest BCUT2D eigenvalue weighted by atomic mass is 16.5. The molecule has 0 radical (unpaired) electrons. The van der Waals surface area contributed by atoms with Crippen LogP contribution in [0, 0.1) is 0 Å². The maximum atomic E-state index is 11.0. The van der Waals surface area contributed by atoms with Gasteiger partial charge in [-0.1, -0.05) is 24.6 Å². The predicted octanol–water partition coefficient (Wildman–Crippen LogP) is 2.61. The Kier molecular flexibility index (Phi) is 7.82. The van der Waals surface area contributed by atoms with Gasteiger partial charge in [0.05, 0.1) is 7.11 Å². The van der Waals surface area contributed by atoms with Crippen molar-refractivity contribution in [3.05, 3.63) is 36.0 Å². The quantitative estimate of drug-likeness (QED) is 0.283. The van der Waals surface area contributed by atoms with Gasteiger partial charge in [-0.05, 0) is 30.9 Å². The van der Waals surface area contributed by atoms with E-state index in [1.807, 2.05) is 6.07 Å². The smallest absolute Gasteiger partial charge is 0.305 e. The van der Waals surface area contributed by atoms with Crippen LogP contribution in [-0.4, -0.2) is 44.2 Å². The minimum absolute atomic E-state index is 0.136. The number of aromatic nitrogens is 1. The lowest BCUT2D eigenvalue weighted by Gasteiger charge is -2.11. The number of carbonyl (C=O) groups excluding carboxylic acids is 1. The number of fused-ring (bicyclic) bond motifs is 1. The van der Waals surface area contributed by atoms with Gasteiger partial charge >= 0.3 is 5.97 Å². The summed E-state index contributed by atoms with van der Waals surface area (Å²) in [6.07, 6.45) is 6.36. The first kappa shape index (κ1) is 18.8. The van der Waals surface area contributed by atoms with E-state index < -0.39 is 0 Å². The number of unbranched alkanes of at least 4 members (excludes halogenated alkanes) is 2. The molecule has 0 spiro atoms. The maximum Gasteiger partial charge on any atom is 0.305 e. The number of benzene rings is 1. The van der Waals surface area contributed by atoms with Crippen LogP contribution in [0.2, 0.25) is 0 Å². The van der Waals surface area contributed by atoms with Crippen molar-refractivity contribution >= 4 is 22.8 Å². The lowest BCUT2D eigenvalue weighted by atomic mass is 10.1. The molecule has 6 heteroatoms. The summed E-state index contributed by atoms with van der Waals surface area (Å²) in [5.41, 5.74) is 2.48. The molecule has 3 N–H and O–H groups in total. The third kappa shape index (κ3) is 6.14. The van der Waals surface area contributed by atoms with Crippen LogP contribution in [-0.2, 0) is 16.0 Å². The fraction of sp³-hybridized carbons (Fsp3) is 0.474.